The van der Waals surface area contributed by atoms with Crippen LogP contribution >= 0.6 is 22.6 Å². The van der Waals surface area contributed by atoms with E-state index in [-0.39, 0.29) is 11.3 Å². The first-order chi connectivity index (χ1) is 32.5. The Balaban J connectivity index is 1.06. The van der Waals surface area contributed by atoms with Crippen LogP contribution in [0.25, 0.3) is 77.9 Å². The fourth-order valence-electron chi connectivity index (χ4n) is 10.0. The number of oxazole rings is 1. The largest absolute Gasteiger partial charge is 0.456 e. The van der Waals surface area contributed by atoms with Gasteiger partial charge in [0.2, 0.25) is 5.89 Å². The smallest absolute Gasteiger partial charge is 0.202 e. The van der Waals surface area contributed by atoms with Gasteiger partial charge in [0, 0.05) is 30.8 Å². The molecule has 0 fully saturated rings. The molecule has 0 aliphatic heterocycles. The number of para-hydroxylation sites is 2. The van der Waals surface area contributed by atoms with Gasteiger partial charge in [-0.15, -0.1) is 0 Å². The summed E-state index contributed by atoms with van der Waals surface area (Å²) < 4.78 is 16.5. The Kier molecular flexibility index (Phi) is 11.0. The van der Waals surface area contributed by atoms with E-state index < -0.39 is 0 Å². The first-order valence-electron chi connectivity index (χ1n) is 23.3. The molecule has 0 spiro atoms. The van der Waals surface area contributed by atoms with Crippen LogP contribution in [0.5, 0.6) is 0 Å². The van der Waals surface area contributed by atoms with E-state index in [0.29, 0.717) is 0 Å². The Morgan fingerprint density at radius 1 is 0.761 bits per heavy atom. The lowest BCUT2D eigenvalue weighted by Gasteiger charge is -2.24. The molecular weight excluding hydrogens is 934 g/mol. The number of hydrogen-bond acceptors (Lipinski definition) is 4. The lowest BCUT2D eigenvalue weighted by molar-refractivity contribution is 0.442. The van der Waals surface area contributed by atoms with E-state index in [0.717, 1.165) is 113 Å². The molecule has 1 unspecified atom stereocenters. The van der Waals surface area contributed by atoms with Gasteiger partial charge in [-0.3, -0.25) is 4.57 Å². The van der Waals surface area contributed by atoms with Crippen molar-refractivity contribution in [2.45, 2.75) is 66.2 Å². The molecule has 6 heteroatoms. The first-order valence-corrected chi connectivity index (χ1v) is 24.4. The molecule has 6 aromatic carbocycles. The zero-order valence-corrected chi connectivity index (χ0v) is 40.8. The Morgan fingerprint density at radius 3 is 2.31 bits per heavy atom. The molecule has 5 nitrogen and oxygen atoms in total. The number of benzene rings is 6. The summed E-state index contributed by atoms with van der Waals surface area (Å²) in [7, 11) is 0. The minimum Gasteiger partial charge on any atom is -0.456 e. The fourth-order valence-corrected chi connectivity index (χ4v) is 11.0. The number of fused-ring (bicyclic) bond motifs is 7. The van der Waals surface area contributed by atoms with Gasteiger partial charge in [-0.05, 0) is 148 Å². The van der Waals surface area contributed by atoms with Crippen molar-refractivity contribution in [3.05, 3.63) is 206 Å². The second kappa shape index (κ2) is 17.1. The van der Waals surface area contributed by atoms with E-state index in [4.69, 9.17) is 25.4 Å². The van der Waals surface area contributed by atoms with Gasteiger partial charge in [-0.1, -0.05) is 155 Å². The van der Waals surface area contributed by atoms with Crippen LogP contribution in [0.15, 0.2) is 183 Å². The zero-order valence-electron chi connectivity index (χ0n) is 38.7. The third kappa shape index (κ3) is 7.75. The first kappa shape index (κ1) is 42.8. The lowest BCUT2D eigenvalue weighted by atomic mass is 9.81. The summed E-state index contributed by atoms with van der Waals surface area (Å²) in [5, 5.41) is 5.50. The van der Waals surface area contributed by atoms with Gasteiger partial charge in [-0.2, -0.15) is 0 Å². The molecule has 0 amide bonds. The number of hydrogen-bond donors (Lipinski definition) is 0. The van der Waals surface area contributed by atoms with Crippen LogP contribution in [0.2, 0.25) is 0 Å². The van der Waals surface area contributed by atoms with Crippen LogP contribution in [-0.4, -0.2) is 15.3 Å². The number of aliphatic imine (C=N–C) groups is 1. The molecule has 0 N–H and O–H groups in total. The van der Waals surface area contributed by atoms with Gasteiger partial charge >= 0.3 is 0 Å². The topological polar surface area (TPSA) is 56.5 Å². The number of allylic oxidation sites excluding steroid dienone is 6. The highest BCUT2D eigenvalue weighted by molar-refractivity contribution is 14.1. The van der Waals surface area contributed by atoms with Crippen LogP contribution in [0.3, 0.4) is 0 Å². The molecule has 2 aliphatic rings. The second-order valence-corrected chi connectivity index (χ2v) is 20.1. The minimum absolute atomic E-state index is 0.119. The van der Waals surface area contributed by atoms with Gasteiger partial charge in [0.25, 0.3) is 0 Å². The molecule has 3 heterocycles. The SMILES string of the molecule is C=C(/C(C)=C(\N=C(C)c1ccc2oc3ccccc3c2c1)n1c2ccccc2c2ccc(-c3ccccc3CC3=c4oc(C5C=CC(C(C)(C)C)=CC5)nc4=CCC3)c(I)c21)c1ccccc1. The molecule has 67 heavy (non-hydrogen) atoms. The summed E-state index contributed by atoms with van der Waals surface area (Å²) >= 11 is 2.60. The van der Waals surface area contributed by atoms with Crippen LogP contribution in [0.4, 0.5) is 0 Å². The molecule has 9 aromatic rings. The molecule has 2 aliphatic carbocycles. The third-order valence-electron chi connectivity index (χ3n) is 13.7. The lowest BCUT2D eigenvalue weighted by Crippen LogP contribution is -2.28. The highest BCUT2D eigenvalue weighted by Crippen LogP contribution is 2.42. The average Bonchev–Trinajstić information content (AvgIpc) is 4.06. The Labute approximate surface area is 405 Å². The molecule has 1 atom stereocenters. The van der Waals surface area contributed by atoms with Crippen LogP contribution in [0, 0.1) is 8.99 Å². The fraction of sp³-hybridized carbons (Fsp3) is 0.180. The van der Waals surface area contributed by atoms with Gasteiger partial charge in [0.1, 0.15) is 22.3 Å². The Bertz CT molecular complexity index is 3730. The number of halogens is 1. The van der Waals surface area contributed by atoms with Crippen molar-refractivity contribution in [1.29, 1.82) is 0 Å². The highest BCUT2D eigenvalue weighted by Gasteiger charge is 2.25. The molecule has 330 valence electrons. The van der Waals surface area contributed by atoms with Gasteiger partial charge < -0.3 is 8.83 Å². The number of nitrogens with zero attached hydrogens (tertiary/aromatic N) is 3. The summed E-state index contributed by atoms with van der Waals surface area (Å²) in [5.41, 5.74) is 16.2. The van der Waals surface area contributed by atoms with E-state index in [1.165, 1.54) is 38.6 Å². The van der Waals surface area contributed by atoms with Crippen molar-refractivity contribution >= 4 is 95.1 Å². The molecule has 0 bridgehead atoms. The van der Waals surface area contributed by atoms with E-state index >= 15 is 0 Å². The van der Waals surface area contributed by atoms with Gasteiger partial charge in [0.15, 0.2) is 5.42 Å². The molecule has 11 rings (SSSR count). The van der Waals surface area contributed by atoms with Crippen LogP contribution in [-0.2, 0) is 6.42 Å². The van der Waals surface area contributed by atoms with E-state index in [9.17, 15) is 0 Å². The maximum Gasteiger partial charge on any atom is 0.202 e. The second-order valence-electron chi connectivity index (χ2n) is 19.0. The van der Waals surface area contributed by atoms with Crippen molar-refractivity contribution in [1.82, 2.24) is 9.55 Å². The number of aromatic nitrogens is 2. The molecule has 0 radical (unpaired) electrons. The van der Waals surface area contributed by atoms with Crippen LogP contribution in [0.1, 0.15) is 82.4 Å². The number of furan rings is 1. The molecule has 3 aromatic heterocycles. The Morgan fingerprint density at radius 2 is 1.51 bits per heavy atom. The molecule has 0 saturated carbocycles. The zero-order chi connectivity index (χ0) is 46.0. The Hall–Kier alpha value is -6.77. The maximum atomic E-state index is 6.73. The summed E-state index contributed by atoms with van der Waals surface area (Å²) in [6.07, 6.45) is 12.7. The summed E-state index contributed by atoms with van der Waals surface area (Å²) in [6, 6.07) is 47.2. The predicted molar refractivity (Wildman–Crippen MR) is 288 cm³/mol. The van der Waals surface area contributed by atoms with Crippen molar-refractivity contribution in [3.63, 3.8) is 0 Å². The van der Waals surface area contributed by atoms with Crippen molar-refractivity contribution in [3.8, 4) is 11.1 Å². The average molecular weight is 986 g/mol. The van der Waals surface area contributed by atoms with Crippen molar-refractivity contribution in [2.75, 3.05) is 0 Å². The number of rotatable bonds is 9. The van der Waals surface area contributed by atoms with E-state index in [1.54, 1.807) is 0 Å². The van der Waals surface area contributed by atoms with Crippen molar-refractivity contribution in [2.24, 2.45) is 10.4 Å². The predicted octanol–water partition coefficient (Wildman–Crippen LogP) is 15.3. The standard InChI is InChI=1S/C61H52IN3O2/c1-37(40-17-8-7-9-18-40)38(2)59(63-39(3)42-29-34-55-51(36-42)48-23-13-15-26-54(48)66-55)65-53-25-14-12-22-47(53)50-33-32-49(56(62)57(50)65)46-21-11-10-19-43(46)35-44-20-16-24-52-58(44)67-60(64-52)41-27-30-45(31-28-41)61(4,5)6/h7-15,17-19,21-27,29-34,36,41H,1,16,20,28,35H2,2-6H3/b59-38+,63-39?. The maximum absolute atomic E-state index is 6.73. The molecular formula is C61H52IN3O2. The quantitative estimate of drug-likeness (QED) is 0.0822. The normalized spacial score (nSPS) is 15.9. The summed E-state index contributed by atoms with van der Waals surface area (Å²) in [4.78, 5) is 10.7. The third-order valence-corrected chi connectivity index (χ3v) is 14.8. The molecule has 0 saturated heterocycles. The summed E-state index contributed by atoms with van der Waals surface area (Å²) in [5.74, 6) is 1.78. The van der Waals surface area contributed by atoms with Crippen LogP contribution < -0.4 is 10.8 Å². The monoisotopic (exact) mass is 985 g/mol. The van der Waals surface area contributed by atoms with Crippen molar-refractivity contribution < 1.29 is 8.83 Å². The highest BCUT2D eigenvalue weighted by atomic mass is 127. The van der Waals surface area contributed by atoms with Gasteiger partial charge in [0.05, 0.1) is 17.0 Å². The van der Waals surface area contributed by atoms with Gasteiger partial charge in [-0.25, -0.2) is 9.98 Å². The van der Waals surface area contributed by atoms with E-state index in [2.05, 4.69) is 201 Å². The van der Waals surface area contributed by atoms with E-state index in [1.807, 2.05) is 18.2 Å². The summed E-state index contributed by atoms with van der Waals surface area (Å²) in [6.45, 7) is 15.8. The minimum atomic E-state index is 0.119.